The van der Waals surface area contributed by atoms with Crippen molar-refractivity contribution in [1.29, 1.82) is 5.26 Å². The number of oxime groups is 1. The number of nitrogens with zero attached hydrogens (tertiary/aromatic N) is 2. The van der Waals surface area contributed by atoms with Gasteiger partial charge in [0.25, 0.3) is 5.45 Å². The summed E-state index contributed by atoms with van der Waals surface area (Å²) in [5, 5.41) is 19.3. The maximum atomic E-state index is 11.6. The number of nitriles is 1. The van der Waals surface area contributed by atoms with Gasteiger partial charge >= 0.3 is 7.60 Å². The summed E-state index contributed by atoms with van der Waals surface area (Å²) >= 11 is 0. The molecule has 7 heteroatoms. The van der Waals surface area contributed by atoms with Crippen molar-refractivity contribution in [2.75, 3.05) is 13.2 Å². The molecule has 0 unspecified atom stereocenters. The number of rotatable bonds is 5. The molecule has 0 aromatic carbocycles. The zero-order valence-electron chi connectivity index (χ0n) is 7.43. The predicted molar refractivity (Wildman–Crippen MR) is 45.7 cm³/mol. The van der Waals surface area contributed by atoms with Crippen molar-refractivity contribution in [2.24, 2.45) is 5.16 Å². The molecule has 0 aliphatic carbocycles. The molecule has 1 N–H and O–H groups in total. The van der Waals surface area contributed by atoms with Gasteiger partial charge in [-0.15, -0.1) is 0 Å². The van der Waals surface area contributed by atoms with Crippen molar-refractivity contribution in [3.63, 3.8) is 0 Å². The van der Waals surface area contributed by atoms with Gasteiger partial charge < -0.3 is 14.3 Å². The third-order valence-electron chi connectivity index (χ3n) is 1.05. The fourth-order valence-corrected chi connectivity index (χ4v) is 1.87. The topological polar surface area (TPSA) is 91.9 Å². The fourth-order valence-electron chi connectivity index (χ4n) is 0.638. The Kier molecular flexibility index (Phi) is 5.31. The van der Waals surface area contributed by atoms with Crippen molar-refractivity contribution in [3.05, 3.63) is 0 Å². The standard InChI is InChI=1S/C6H11N2O4P/c1-3-11-13(10,12-4-2)6(5-7)8-9/h9H,3-4H2,1-2H3/b8-6+. The summed E-state index contributed by atoms with van der Waals surface area (Å²) in [7, 11) is -3.69. The first-order chi connectivity index (χ1) is 6.14. The largest absolute Gasteiger partial charge is 0.410 e. The third kappa shape index (κ3) is 3.15. The zero-order chi connectivity index (χ0) is 10.3. The smallest absolute Gasteiger partial charge is 0.393 e. The molecule has 6 nitrogen and oxygen atoms in total. The van der Waals surface area contributed by atoms with Gasteiger partial charge in [0.05, 0.1) is 13.2 Å². The van der Waals surface area contributed by atoms with E-state index >= 15 is 0 Å². The molecule has 0 heterocycles. The van der Waals surface area contributed by atoms with Crippen LogP contribution < -0.4 is 0 Å². The lowest BCUT2D eigenvalue weighted by molar-refractivity contribution is 0.230. The van der Waals surface area contributed by atoms with Crippen molar-refractivity contribution in [1.82, 2.24) is 0 Å². The van der Waals surface area contributed by atoms with Crippen molar-refractivity contribution >= 4 is 13.0 Å². The first kappa shape index (κ1) is 12.1. The Hall–Kier alpha value is -0.890. The van der Waals surface area contributed by atoms with Crippen LogP contribution in [0.4, 0.5) is 0 Å². The van der Waals surface area contributed by atoms with Crippen LogP contribution in [0.25, 0.3) is 0 Å². The Morgan fingerprint density at radius 3 is 2.23 bits per heavy atom. The maximum absolute atomic E-state index is 11.6. The van der Waals surface area contributed by atoms with E-state index < -0.39 is 13.0 Å². The fraction of sp³-hybridized carbons (Fsp3) is 0.667. The van der Waals surface area contributed by atoms with E-state index in [1.807, 2.05) is 0 Å². The number of hydrogen-bond acceptors (Lipinski definition) is 6. The monoisotopic (exact) mass is 206 g/mol. The summed E-state index contributed by atoms with van der Waals surface area (Å²) in [5.41, 5.74) is -0.629. The van der Waals surface area contributed by atoms with Gasteiger partial charge in [0.2, 0.25) is 0 Å². The van der Waals surface area contributed by atoms with Gasteiger partial charge in [-0.2, -0.15) is 5.26 Å². The molecule has 0 rings (SSSR count). The van der Waals surface area contributed by atoms with Crippen LogP contribution in [0.2, 0.25) is 0 Å². The Morgan fingerprint density at radius 2 is 2.00 bits per heavy atom. The van der Waals surface area contributed by atoms with Crippen LogP contribution in [-0.4, -0.2) is 23.9 Å². The highest BCUT2D eigenvalue weighted by Gasteiger charge is 2.32. The zero-order valence-corrected chi connectivity index (χ0v) is 8.32. The first-order valence-corrected chi connectivity index (χ1v) is 5.20. The Bertz CT molecular complexity index is 260. The van der Waals surface area contributed by atoms with E-state index in [2.05, 4.69) is 5.16 Å². The average Bonchev–Trinajstić information content (AvgIpc) is 2.07. The molecule has 0 saturated heterocycles. The molecule has 0 aromatic rings. The molecule has 0 atom stereocenters. The van der Waals surface area contributed by atoms with Gasteiger partial charge in [-0.3, -0.25) is 4.57 Å². The van der Waals surface area contributed by atoms with Gasteiger partial charge in [-0.05, 0) is 13.8 Å². The second kappa shape index (κ2) is 5.70. The summed E-state index contributed by atoms with van der Waals surface area (Å²) in [6, 6.07) is 1.45. The molecule has 0 aliphatic rings. The van der Waals surface area contributed by atoms with Crippen LogP contribution in [0.15, 0.2) is 5.16 Å². The van der Waals surface area contributed by atoms with Crippen LogP contribution in [-0.2, 0) is 13.6 Å². The van der Waals surface area contributed by atoms with Crippen molar-refractivity contribution < 1.29 is 18.8 Å². The van der Waals surface area contributed by atoms with Gasteiger partial charge in [-0.25, -0.2) is 0 Å². The minimum Gasteiger partial charge on any atom is -0.410 e. The van der Waals surface area contributed by atoms with Crippen LogP contribution in [0.5, 0.6) is 0 Å². The van der Waals surface area contributed by atoms with E-state index in [-0.39, 0.29) is 13.2 Å². The van der Waals surface area contributed by atoms with Gasteiger partial charge in [-0.1, -0.05) is 5.16 Å². The van der Waals surface area contributed by atoms with Crippen LogP contribution in [0, 0.1) is 11.3 Å². The van der Waals surface area contributed by atoms with E-state index in [0.29, 0.717) is 0 Å². The molecule has 13 heavy (non-hydrogen) atoms. The Balaban J connectivity index is 4.79. The summed E-state index contributed by atoms with van der Waals surface area (Å²) in [6.45, 7) is 3.41. The minimum absolute atomic E-state index is 0.109. The summed E-state index contributed by atoms with van der Waals surface area (Å²) in [5.74, 6) is 0. The van der Waals surface area contributed by atoms with E-state index in [4.69, 9.17) is 19.5 Å². The molecule has 0 aromatic heterocycles. The lowest BCUT2D eigenvalue weighted by Gasteiger charge is -2.13. The van der Waals surface area contributed by atoms with Gasteiger partial charge in [0.15, 0.2) is 0 Å². The lowest BCUT2D eigenvalue weighted by atomic mass is 10.8. The summed E-state index contributed by atoms with van der Waals surface area (Å²) in [4.78, 5) is 0. The minimum atomic E-state index is -3.69. The van der Waals surface area contributed by atoms with E-state index in [9.17, 15) is 4.57 Å². The molecule has 0 aliphatic heterocycles. The van der Waals surface area contributed by atoms with Crippen LogP contribution >= 0.6 is 7.60 Å². The lowest BCUT2D eigenvalue weighted by Crippen LogP contribution is -2.05. The molecule has 0 spiro atoms. The van der Waals surface area contributed by atoms with Gasteiger partial charge in [0.1, 0.15) is 6.07 Å². The van der Waals surface area contributed by atoms with Gasteiger partial charge in [0, 0.05) is 0 Å². The Labute approximate surface area is 76.3 Å². The quantitative estimate of drug-likeness (QED) is 0.319. The maximum Gasteiger partial charge on any atom is 0.393 e. The van der Waals surface area contributed by atoms with Crippen LogP contribution in [0.3, 0.4) is 0 Å². The number of hydrogen-bond donors (Lipinski definition) is 1. The first-order valence-electron chi connectivity index (χ1n) is 3.66. The molecular weight excluding hydrogens is 195 g/mol. The third-order valence-corrected chi connectivity index (χ3v) is 2.96. The molecular formula is C6H11N2O4P. The molecule has 0 amide bonds. The van der Waals surface area contributed by atoms with E-state index in [1.165, 1.54) is 6.07 Å². The second-order valence-corrected chi connectivity index (χ2v) is 3.80. The highest BCUT2D eigenvalue weighted by molar-refractivity contribution is 7.73. The van der Waals surface area contributed by atoms with E-state index in [0.717, 1.165) is 0 Å². The van der Waals surface area contributed by atoms with Crippen molar-refractivity contribution in [2.45, 2.75) is 13.8 Å². The predicted octanol–water partition coefficient (Wildman–Crippen LogP) is 1.56. The molecule has 0 bridgehead atoms. The molecule has 0 radical (unpaired) electrons. The molecule has 0 fully saturated rings. The molecule has 74 valence electrons. The highest BCUT2D eigenvalue weighted by atomic mass is 31.2. The van der Waals surface area contributed by atoms with Crippen LogP contribution in [0.1, 0.15) is 13.8 Å². The summed E-state index contributed by atoms with van der Waals surface area (Å²) in [6.07, 6.45) is 0. The average molecular weight is 206 g/mol. The van der Waals surface area contributed by atoms with Crippen molar-refractivity contribution in [3.8, 4) is 6.07 Å². The second-order valence-electron chi connectivity index (χ2n) is 1.87. The summed E-state index contributed by atoms with van der Waals surface area (Å²) < 4.78 is 21.1. The Morgan fingerprint density at radius 1 is 1.54 bits per heavy atom. The highest BCUT2D eigenvalue weighted by Crippen LogP contribution is 2.49. The SMILES string of the molecule is CCOP(=O)(OCC)/C(C#N)=N/O. The normalized spacial score (nSPS) is 12.5. The van der Waals surface area contributed by atoms with E-state index in [1.54, 1.807) is 13.8 Å². The molecule has 0 saturated carbocycles.